The van der Waals surface area contributed by atoms with Gasteiger partial charge in [-0.05, 0) is 29.7 Å². The third kappa shape index (κ3) is 3.61. The molecule has 3 N–H and O–H groups in total. The Labute approximate surface area is 177 Å². The first-order valence-corrected chi connectivity index (χ1v) is 10.4. The fraction of sp³-hybridized carbons (Fsp3) is 0.261. The number of oxazole rings is 1. The second-order valence-corrected chi connectivity index (χ2v) is 7.85. The standard InChI is InChI=1S/C23H22N4O4/c28-21(24-17-7-3-4-8-18(17)25-23(29)30)20-19(26-22-27(20)11-12-31-22)16-10-9-14-5-1-2-6-15(14)13-16/h1-2,5-6,9-13,17-18,25H,3-4,7-8H2,(H,24,28)(H,29,30)/t17-,18-/m1/s1. The number of hydrogen-bond donors (Lipinski definition) is 3. The summed E-state index contributed by atoms with van der Waals surface area (Å²) in [7, 11) is 0. The maximum absolute atomic E-state index is 13.4. The zero-order chi connectivity index (χ0) is 21.4. The van der Waals surface area contributed by atoms with Gasteiger partial charge in [0.15, 0.2) is 0 Å². The van der Waals surface area contributed by atoms with Crippen LogP contribution in [0.1, 0.15) is 36.2 Å². The van der Waals surface area contributed by atoms with E-state index in [4.69, 9.17) is 9.52 Å². The molecule has 1 fully saturated rings. The Hall–Kier alpha value is -3.81. The zero-order valence-corrected chi connectivity index (χ0v) is 16.7. The Kier molecular flexibility index (Phi) is 4.82. The van der Waals surface area contributed by atoms with Crippen molar-refractivity contribution in [1.82, 2.24) is 20.0 Å². The Bertz CT molecular complexity index is 1280. The molecule has 1 saturated carbocycles. The molecule has 0 aliphatic heterocycles. The first-order valence-electron chi connectivity index (χ1n) is 10.4. The van der Waals surface area contributed by atoms with E-state index in [0.717, 1.165) is 35.6 Å². The van der Waals surface area contributed by atoms with E-state index in [0.29, 0.717) is 23.7 Å². The number of carbonyl (C=O) groups is 2. The molecule has 0 bridgehead atoms. The topological polar surface area (TPSA) is 109 Å². The van der Waals surface area contributed by atoms with Crippen molar-refractivity contribution >= 4 is 28.6 Å². The van der Waals surface area contributed by atoms with Crippen LogP contribution in [0, 0.1) is 0 Å². The summed E-state index contributed by atoms with van der Waals surface area (Å²) in [6.45, 7) is 0. The summed E-state index contributed by atoms with van der Waals surface area (Å²) in [6.07, 6.45) is 5.35. The van der Waals surface area contributed by atoms with Gasteiger partial charge >= 0.3 is 11.9 Å². The molecule has 31 heavy (non-hydrogen) atoms. The minimum Gasteiger partial charge on any atom is -0.465 e. The molecule has 2 aromatic heterocycles. The third-order valence-corrected chi connectivity index (χ3v) is 5.89. The van der Waals surface area contributed by atoms with Crippen LogP contribution in [0.3, 0.4) is 0 Å². The van der Waals surface area contributed by atoms with Gasteiger partial charge in [-0.25, -0.2) is 4.79 Å². The molecular formula is C23H22N4O4. The van der Waals surface area contributed by atoms with E-state index in [2.05, 4.69) is 15.6 Å². The van der Waals surface area contributed by atoms with E-state index in [9.17, 15) is 9.59 Å². The number of amides is 2. The van der Waals surface area contributed by atoms with Gasteiger partial charge in [-0.2, -0.15) is 4.98 Å². The van der Waals surface area contributed by atoms with Gasteiger partial charge < -0.3 is 20.2 Å². The van der Waals surface area contributed by atoms with Crippen molar-refractivity contribution in [3.05, 3.63) is 60.6 Å². The molecule has 2 heterocycles. The van der Waals surface area contributed by atoms with Crippen LogP contribution in [-0.4, -0.2) is 38.6 Å². The second-order valence-electron chi connectivity index (χ2n) is 7.85. The van der Waals surface area contributed by atoms with Gasteiger partial charge in [0.2, 0.25) is 0 Å². The molecule has 2 amide bonds. The average molecular weight is 418 g/mol. The normalized spacial score (nSPS) is 18.8. The fourth-order valence-corrected chi connectivity index (χ4v) is 4.41. The molecule has 158 valence electrons. The third-order valence-electron chi connectivity index (χ3n) is 5.89. The van der Waals surface area contributed by atoms with Gasteiger partial charge in [-0.1, -0.05) is 49.2 Å². The highest BCUT2D eigenvalue weighted by atomic mass is 16.4. The van der Waals surface area contributed by atoms with E-state index in [1.807, 2.05) is 42.5 Å². The van der Waals surface area contributed by atoms with E-state index >= 15 is 0 Å². The predicted octanol–water partition coefficient (Wildman–Crippen LogP) is 4.06. The van der Waals surface area contributed by atoms with Crippen molar-refractivity contribution in [2.75, 3.05) is 0 Å². The Morgan fingerprint density at radius 2 is 1.77 bits per heavy atom. The predicted molar refractivity (Wildman–Crippen MR) is 115 cm³/mol. The van der Waals surface area contributed by atoms with Gasteiger partial charge in [-0.15, -0.1) is 0 Å². The molecule has 1 aliphatic carbocycles. The molecule has 2 atom stereocenters. The largest absolute Gasteiger partial charge is 0.465 e. The number of aromatic nitrogens is 2. The first-order chi connectivity index (χ1) is 15.1. The van der Waals surface area contributed by atoms with E-state index in [1.54, 1.807) is 10.6 Å². The van der Waals surface area contributed by atoms with Crippen LogP contribution in [0.4, 0.5) is 4.79 Å². The van der Waals surface area contributed by atoms with Crippen LogP contribution < -0.4 is 10.6 Å². The number of hydrogen-bond acceptors (Lipinski definition) is 4. The number of nitrogens with one attached hydrogen (secondary N) is 2. The minimum atomic E-state index is -1.08. The van der Waals surface area contributed by atoms with Gasteiger partial charge in [-0.3, -0.25) is 9.20 Å². The van der Waals surface area contributed by atoms with Crippen molar-refractivity contribution in [1.29, 1.82) is 0 Å². The van der Waals surface area contributed by atoms with Crippen LogP contribution in [0.5, 0.6) is 0 Å². The van der Waals surface area contributed by atoms with Crippen molar-refractivity contribution in [2.24, 2.45) is 0 Å². The Morgan fingerprint density at radius 3 is 2.55 bits per heavy atom. The molecule has 0 saturated heterocycles. The number of fused-ring (bicyclic) bond motifs is 2. The van der Waals surface area contributed by atoms with Crippen molar-refractivity contribution in [3.8, 4) is 11.3 Å². The molecule has 8 nitrogen and oxygen atoms in total. The minimum absolute atomic E-state index is 0.278. The van der Waals surface area contributed by atoms with Crippen LogP contribution in [0.25, 0.3) is 27.9 Å². The lowest BCUT2D eigenvalue weighted by atomic mass is 9.90. The lowest BCUT2D eigenvalue weighted by Crippen LogP contribution is -2.53. The molecule has 0 spiro atoms. The molecular weight excluding hydrogens is 396 g/mol. The molecule has 4 aromatic rings. The number of benzene rings is 2. The smallest absolute Gasteiger partial charge is 0.404 e. The summed E-state index contributed by atoms with van der Waals surface area (Å²) >= 11 is 0. The average Bonchev–Trinajstić information content (AvgIpc) is 3.35. The maximum Gasteiger partial charge on any atom is 0.404 e. The molecule has 0 radical (unpaired) electrons. The van der Waals surface area contributed by atoms with Crippen molar-refractivity contribution in [2.45, 2.75) is 37.8 Å². The SMILES string of the molecule is O=C(O)N[C@@H]1CCCC[C@H]1NC(=O)c1c(-c2ccc3ccccc3c2)nc2occn12. The number of carbonyl (C=O) groups excluding carboxylic acids is 1. The Morgan fingerprint density at radius 1 is 1.03 bits per heavy atom. The van der Waals surface area contributed by atoms with Crippen molar-refractivity contribution in [3.63, 3.8) is 0 Å². The van der Waals surface area contributed by atoms with Crippen LogP contribution in [-0.2, 0) is 0 Å². The molecule has 2 aromatic carbocycles. The van der Waals surface area contributed by atoms with Crippen LogP contribution in [0.2, 0.25) is 0 Å². The van der Waals surface area contributed by atoms with Gasteiger partial charge in [0.1, 0.15) is 17.7 Å². The fourth-order valence-electron chi connectivity index (χ4n) is 4.41. The maximum atomic E-state index is 13.4. The first kappa shape index (κ1) is 19.2. The van der Waals surface area contributed by atoms with Crippen LogP contribution in [0.15, 0.2) is 59.3 Å². The summed E-state index contributed by atoms with van der Waals surface area (Å²) in [4.78, 5) is 29.1. The highest BCUT2D eigenvalue weighted by Crippen LogP contribution is 2.29. The molecule has 8 heteroatoms. The second kappa shape index (κ2) is 7.79. The zero-order valence-electron chi connectivity index (χ0n) is 16.7. The highest BCUT2D eigenvalue weighted by molar-refractivity contribution is 6.00. The lowest BCUT2D eigenvalue weighted by molar-refractivity contribution is 0.0907. The Balaban J connectivity index is 1.52. The quantitative estimate of drug-likeness (QED) is 0.463. The molecule has 0 unspecified atom stereocenters. The van der Waals surface area contributed by atoms with Gasteiger partial charge in [0.05, 0.1) is 6.04 Å². The number of imidazole rings is 1. The summed E-state index contributed by atoms with van der Waals surface area (Å²) < 4.78 is 7.07. The van der Waals surface area contributed by atoms with E-state index in [1.165, 1.54) is 6.26 Å². The molecule has 1 aliphatic rings. The number of carboxylic acid groups (broad SMARTS) is 1. The highest BCUT2D eigenvalue weighted by Gasteiger charge is 2.30. The number of nitrogens with zero attached hydrogens (tertiary/aromatic N) is 2. The summed E-state index contributed by atoms with van der Waals surface area (Å²) in [5.74, 6) is 0.0262. The van der Waals surface area contributed by atoms with E-state index in [-0.39, 0.29) is 18.0 Å². The summed E-state index contributed by atoms with van der Waals surface area (Å²) in [5, 5.41) is 16.9. The van der Waals surface area contributed by atoms with Gasteiger partial charge in [0.25, 0.3) is 5.91 Å². The van der Waals surface area contributed by atoms with Crippen LogP contribution >= 0.6 is 0 Å². The monoisotopic (exact) mass is 418 g/mol. The van der Waals surface area contributed by atoms with E-state index < -0.39 is 6.09 Å². The lowest BCUT2D eigenvalue weighted by Gasteiger charge is -2.31. The summed E-state index contributed by atoms with van der Waals surface area (Å²) in [5.41, 5.74) is 1.71. The summed E-state index contributed by atoms with van der Waals surface area (Å²) in [6, 6.07) is 13.4. The number of rotatable bonds is 4. The van der Waals surface area contributed by atoms with Gasteiger partial charge in [0, 0.05) is 17.8 Å². The van der Waals surface area contributed by atoms with Crippen molar-refractivity contribution < 1.29 is 19.1 Å². The molecule has 5 rings (SSSR count).